The molecular weight excluding hydrogens is 182 g/mol. The number of hydrogen-bond donors (Lipinski definition) is 0. The molecule has 1 heterocycles. The minimum absolute atomic E-state index is 0.442. The average molecular weight is 204 g/mol. The molecule has 1 atom stereocenters. The molecule has 0 aromatic carbocycles. The maximum absolute atomic E-state index is 6.05. The van der Waals surface area contributed by atoms with Crippen molar-refractivity contribution in [3.63, 3.8) is 0 Å². The lowest BCUT2D eigenvalue weighted by atomic mass is 10.0. The van der Waals surface area contributed by atoms with E-state index in [0.29, 0.717) is 5.38 Å². The van der Waals surface area contributed by atoms with Crippen LogP contribution in [-0.2, 0) is 0 Å². The summed E-state index contributed by atoms with van der Waals surface area (Å²) in [6.45, 7) is 8.32. The number of piperidine rings is 1. The van der Waals surface area contributed by atoms with E-state index >= 15 is 0 Å². The van der Waals surface area contributed by atoms with Crippen molar-refractivity contribution in [3.05, 3.63) is 0 Å². The van der Waals surface area contributed by atoms with Crippen LogP contribution in [-0.4, -0.2) is 29.9 Å². The van der Waals surface area contributed by atoms with E-state index in [-0.39, 0.29) is 0 Å². The second-order valence-electron chi connectivity index (χ2n) is 4.37. The van der Waals surface area contributed by atoms with Gasteiger partial charge >= 0.3 is 0 Å². The van der Waals surface area contributed by atoms with E-state index in [2.05, 4.69) is 18.7 Å². The number of likely N-dealkylation sites (tertiary alicyclic amines) is 1. The van der Waals surface area contributed by atoms with Gasteiger partial charge in [-0.1, -0.05) is 20.3 Å². The minimum Gasteiger partial charge on any atom is -0.303 e. The van der Waals surface area contributed by atoms with Gasteiger partial charge in [-0.05, 0) is 38.3 Å². The maximum Gasteiger partial charge on any atom is 0.0360 e. The second kappa shape index (κ2) is 5.87. The topological polar surface area (TPSA) is 3.24 Å². The zero-order valence-electron chi connectivity index (χ0n) is 8.93. The van der Waals surface area contributed by atoms with Crippen molar-refractivity contribution in [1.82, 2.24) is 4.90 Å². The number of halogens is 1. The summed E-state index contributed by atoms with van der Waals surface area (Å²) in [4.78, 5) is 2.57. The van der Waals surface area contributed by atoms with Gasteiger partial charge in [-0.2, -0.15) is 0 Å². The van der Waals surface area contributed by atoms with E-state index in [0.717, 1.165) is 5.92 Å². The molecular formula is C11H22ClN. The van der Waals surface area contributed by atoms with Gasteiger partial charge in [0.05, 0.1) is 0 Å². The first-order chi connectivity index (χ1) is 6.22. The quantitative estimate of drug-likeness (QED) is 0.635. The minimum atomic E-state index is 0.442. The van der Waals surface area contributed by atoms with E-state index in [9.17, 15) is 0 Å². The molecule has 0 spiro atoms. The van der Waals surface area contributed by atoms with E-state index in [4.69, 9.17) is 11.6 Å². The van der Waals surface area contributed by atoms with E-state index < -0.39 is 0 Å². The molecule has 0 aromatic heterocycles. The van der Waals surface area contributed by atoms with Crippen molar-refractivity contribution in [2.45, 2.75) is 44.9 Å². The number of alkyl halides is 1. The molecule has 1 saturated heterocycles. The zero-order valence-corrected chi connectivity index (χ0v) is 9.69. The SMILES string of the molecule is CCCC(C)CN1CCC(Cl)CC1. The van der Waals surface area contributed by atoms with Gasteiger partial charge in [-0.3, -0.25) is 0 Å². The summed E-state index contributed by atoms with van der Waals surface area (Å²) in [6, 6.07) is 0. The fourth-order valence-electron chi connectivity index (χ4n) is 2.11. The third kappa shape index (κ3) is 4.33. The normalized spacial score (nSPS) is 23.3. The molecule has 2 heteroatoms. The summed E-state index contributed by atoms with van der Waals surface area (Å²) >= 11 is 6.05. The van der Waals surface area contributed by atoms with Crippen molar-refractivity contribution >= 4 is 11.6 Å². The van der Waals surface area contributed by atoms with Gasteiger partial charge in [0, 0.05) is 11.9 Å². The number of hydrogen-bond acceptors (Lipinski definition) is 1. The lowest BCUT2D eigenvalue weighted by Crippen LogP contribution is -2.36. The van der Waals surface area contributed by atoms with Crippen molar-refractivity contribution < 1.29 is 0 Å². The molecule has 0 aliphatic carbocycles. The van der Waals surface area contributed by atoms with Crippen LogP contribution in [0.25, 0.3) is 0 Å². The first kappa shape index (κ1) is 11.3. The van der Waals surface area contributed by atoms with Crippen LogP contribution in [0.5, 0.6) is 0 Å². The molecule has 1 aliphatic heterocycles. The summed E-state index contributed by atoms with van der Waals surface area (Å²) in [6.07, 6.45) is 5.04. The second-order valence-corrected chi connectivity index (χ2v) is 4.99. The molecule has 1 rings (SSSR count). The Morgan fingerprint density at radius 2 is 2.00 bits per heavy atom. The monoisotopic (exact) mass is 203 g/mol. The van der Waals surface area contributed by atoms with Crippen LogP contribution < -0.4 is 0 Å². The molecule has 13 heavy (non-hydrogen) atoms. The average Bonchev–Trinajstić information content (AvgIpc) is 2.09. The van der Waals surface area contributed by atoms with Gasteiger partial charge < -0.3 is 4.90 Å². The van der Waals surface area contributed by atoms with Crippen molar-refractivity contribution in [1.29, 1.82) is 0 Å². The maximum atomic E-state index is 6.05. The molecule has 1 fully saturated rings. The summed E-state index contributed by atoms with van der Waals surface area (Å²) < 4.78 is 0. The first-order valence-corrected chi connectivity index (χ1v) is 6.02. The summed E-state index contributed by atoms with van der Waals surface area (Å²) in [7, 11) is 0. The number of rotatable bonds is 4. The molecule has 0 aromatic rings. The van der Waals surface area contributed by atoms with Crippen LogP contribution in [0, 0.1) is 5.92 Å². The molecule has 0 bridgehead atoms. The largest absolute Gasteiger partial charge is 0.303 e. The van der Waals surface area contributed by atoms with Gasteiger partial charge in [-0.15, -0.1) is 11.6 Å². The molecule has 1 aliphatic rings. The molecule has 1 nitrogen and oxygen atoms in total. The Labute approximate surface area is 87.4 Å². The highest BCUT2D eigenvalue weighted by Crippen LogP contribution is 2.17. The Hall–Kier alpha value is 0.250. The van der Waals surface area contributed by atoms with Gasteiger partial charge in [-0.25, -0.2) is 0 Å². The Morgan fingerprint density at radius 1 is 1.38 bits per heavy atom. The van der Waals surface area contributed by atoms with Gasteiger partial charge in [0.25, 0.3) is 0 Å². The van der Waals surface area contributed by atoms with Crippen LogP contribution in [0.2, 0.25) is 0 Å². The van der Waals surface area contributed by atoms with Gasteiger partial charge in [0.2, 0.25) is 0 Å². The highest BCUT2D eigenvalue weighted by atomic mass is 35.5. The van der Waals surface area contributed by atoms with E-state index in [1.807, 2.05) is 0 Å². The van der Waals surface area contributed by atoms with E-state index in [1.54, 1.807) is 0 Å². The third-order valence-electron chi connectivity index (χ3n) is 2.87. The molecule has 0 saturated carbocycles. The predicted octanol–water partition coefficient (Wildman–Crippen LogP) is 3.13. The Kier molecular flexibility index (Phi) is 5.12. The van der Waals surface area contributed by atoms with E-state index in [1.165, 1.54) is 45.3 Å². The fraction of sp³-hybridized carbons (Fsp3) is 1.00. The molecule has 1 unspecified atom stereocenters. The molecule has 0 N–H and O–H groups in total. The van der Waals surface area contributed by atoms with Crippen LogP contribution >= 0.6 is 11.6 Å². The van der Waals surface area contributed by atoms with Crippen LogP contribution in [0.3, 0.4) is 0 Å². The summed E-state index contributed by atoms with van der Waals surface area (Å²) in [5, 5.41) is 0.442. The zero-order chi connectivity index (χ0) is 9.68. The predicted molar refractivity (Wildman–Crippen MR) is 59.4 cm³/mol. The van der Waals surface area contributed by atoms with Gasteiger partial charge in [0.15, 0.2) is 0 Å². The standard InChI is InChI=1S/C11H22ClN/c1-3-4-10(2)9-13-7-5-11(12)6-8-13/h10-11H,3-9H2,1-2H3. The highest BCUT2D eigenvalue weighted by molar-refractivity contribution is 6.20. The lowest BCUT2D eigenvalue weighted by molar-refractivity contribution is 0.198. The fourth-order valence-corrected chi connectivity index (χ4v) is 2.30. The van der Waals surface area contributed by atoms with Crippen LogP contribution in [0.4, 0.5) is 0 Å². The Morgan fingerprint density at radius 3 is 2.54 bits per heavy atom. The smallest absolute Gasteiger partial charge is 0.0360 e. The van der Waals surface area contributed by atoms with Crippen molar-refractivity contribution in [3.8, 4) is 0 Å². The highest BCUT2D eigenvalue weighted by Gasteiger charge is 2.17. The molecule has 0 radical (unpaired) electrons. The van der Waals surface area contributed by atoms with Gasteiger partial charge in [0.1, 0.15) is 0 Å². The molecule has 78 valence electrons. The van der Waals surface area contributed by atoms with Crippen LogP contribution in [0.1, 0.15) is 39.5 Å². The third-order valence-corrected chi connectivity index (χ3v) is 3.30. The number of nitrogens with zero attached hydrogens (tertiary/aromatic N) is 1. The molecule has 0 amide bonds. The lowest BCUT2D eigenvalue weighted by Gasteiger charge is -2.31. The van der Waals surface area contributed by atoms with Crippen LogP contribution in [0.15, 0.2) is 0 Å². The Balaban J connectivity index is 2.14. The summed E-state index contributed by atoms with van der Waals surface area (Å²) in [5.74, 6) is 0.858. The Bertz CT molecular complexity index is 130. The first-order valence-electron chi connectivity index (χ1n) is 5.58. The summed E-state index contributed by atoms with van der Waals surface area (Å²) in [5.41, 5.74) is 0. The van der Waals surface area contributed by atoms with Crippen molar-refractivity contribution in [2.24, 2.45) is 5.92 Å². The van der Waals surface area contributed by atoms with Crippen molar-refractivity contribution in [2.75, 3.05) is 19.6 Å².